The molecule has 0 fully saturated rings. The van der Waals surface area contributed by atoms with Gasteiger partial charge in [-0.2, -0.15) is 0 Å². The summed E-state index contributed by atoms with van der Waals surface area (Å²) in [6, 6.07) is 0. The molecule has 0 saturated heterocycles. The van der Waals surface area contributed by atoms with E-state index in [1.807, 2.05) is 6.08 Å². The van der Waals surface area contributed by atoms with E-state index < -0.39 is 11.9 Å². The summed E-state index contributed by atoms with van der Waals surface area (Å²) < 4.78 is 0. The van der Waals surface area contributed by atoms with E-state index in [4.69, 9.17) is 5.11 Å². The van der Waals surface area contributed by atoms with Crippen molar-refractivity contribution in [2.75, 3.05) is 0 Å². The van der Waals surface area contributed by atoms with Crippen LogP contribution in [0.4, 0.5) is 0 Å². The molecule has 0 aromatic rings. The van der Waals surface area contributed by atoms with Crippen LogP contribution >= 0.6 is 0 Å². The Morgan fingerprint density at radius 1 is 1.59 bits per heavy atom. The third kappa shape index (κ3) is 3.55. The fourth-order valence-corrected chi connectivity index (χ4v) is 2.21. The summed E-state index contributed by atoms with van der Waals surface area (Å²) in [5.41, 5.74) is 0.771. The van der Waals surface area contributed by atoms with Crippen LogP contribution in [0.5, 0.6) is 0 Å². The second-order valence-electron chi connectivity index (χ2n) is 5.39. The van der Waals surface area contributed by atoms with Gasteiger partial charge >= 0.3 is 5.97 Å². The number of carbonyl (C=O) groups excluding carboxylic acids is 1. The number of Topliss-reactive ketones (excluding diaryl/α,β-unsaturated/α-hetero) is 1. The number of ketones is 1. The quantitative estimate of drug-likeness (QED) is 0.589. The van der Waals surface area contributed by atoms with Crippen LogP contribution in [0.25, 0.3) is 0 Å². The molecule has 1 aliphatic carbocycles. The number of hydrogen-bond donors (Lipinski definition) is 1. The average Bonchev–Trinajstić information content (AvgIpc) is 2.23. The predicted molar refractivity (Wildman–Crippen MR) is 66.7 cm³/mol. The van der Waals surface area contributed by atoms with Gasteiger partial charge in [-0.15, -0.1) is 6.58 Å². The SMILES string of the molecule is C=CCC(C(=O)O)C(=O)C1=CCCC(C)(C)C1. The molecule has 0 aliphatic heterocycles. The molecule has 0 bridgehead atoms. The third-order valence-electron chi connectivity index (χ3n) is 3.21. The lowest BCUT2D eigenvalue weighted by molar-refractivity contribution is -0.145. The molecule has 0 amide bonds. The molecule has 0 heterocycles. The minimum atomic E-state index is -1.06. The summed E-state index contributed by atoms with van der Waals surface area (Å²) in [7, 11) is 0. The summed E-state index contributed by atoms with van der Waals surface area (Å²) in [5.74, 6) is -2.27. The smallest absolute Gasteiger partial charge is 0.314 e. The van der Waals surface area contributed by atoms with Crippen LogP contribution in [-0.2, 0) is 9.59 Å². The van der Waals surface area contributed by atoms with Crippen LogP contribution in [0, 0.1) is 11.3 Å². The van der Waals surface area contributed by atoms with E-state index in [0.29, 0.717) is 12.0 Å². The minimum Gasteiger partial charge on any atom is -0.481 e. The number of carboxylic acid groups (broad SMARTS) is 1. The number of carboxylic acids is 1. The lowest BCUT2D eigenvalue weighted by Gasteiger charge is -2.29. The van der Waals surface area contributed by atoms with E-state index in [0.717, 1.165) is 12.8 Å². The zero-order valence-corrected chi connectivity index (χ0v) is 10.5. The Morgan fingerprint density at radius 2 is 2.24 bits per heavy atom. The summed E-state index contributed by atoms with van der Waals surface area (Å²) in [5, 5.41) is 9.04. The summed E-state index contributed by atoms with van der Waals surface area (Å²) >= 11 is 0. The fourth-order valence-electron chi connectivity index (χ4n) is 2.21. The molecule has 0 aromatic carbocycles. The Kier molecular flexibility index (Phi) is 4.27. The van der Waals surface area contributed by atoms with E-state index in [9.17, 15) is 9.59 Å². The van der Waals surface area contributed by atoms with Gasteiger partial charge in [0.2, 0.25) is 0 Å². The number of rotatable bonds is 5. The Labute approximate surface area is 102 Å². The van der Waals surface area contributed by atoms with Crippen molar-refractivity contribution in [3.05, 3.63) is 24.3 Å². The maximum atomic E-state index is 12.1. The largest absolute Gasteiger partial charge is 0.481 e. The number of carbonyl (C=O) groups is 2. The van der Waals surface area contributed by atoms with Crippen molar-refractivity contribution in [2.24, 2.45) is 11.3 Å². The van der Waals surface area contributed by atoms with Gasteiger partial charge in [0, 0.05) is 0 Å². The van der Waals surface area contributed by atoms with Crippen molar-refractivity contribution < 1.29 is 14.7 Å². The van der Waals surface area contributed by atoms with Gasteiger partial charge in [0.1, 0.15) is 5.92 Å². The molecule has 0 saturated carbocycles. The summed E-state index contributed by atoms with van der Waals surface area (Å²) in [6.07, 6.45) is 6.16. The van der Waals surface area contributed by atoms with Crippen molar-refractivity contribution >= 4 is 11.8 Å². The first-order valence-electron chi connectivity index (χ1n) is 5.94. The molecular weight excluding hydrogens is 216 g/mol. The van der Waals surface area contributed by atoms with Crippen molar-refractivity contribution in [3.8, 4) is 0 Å². The number of allylic oxidation sites excluding steroid dienone is 3. The van der Waals surface area contributed by atoms with E-state index in [1.165, 1.54) is 6.08 Å². The van der Waals surface area contributed by atoms with E-state index in [1.54, 1.807) is 0 Å². The summed E-state index contributed by atoms with van der Waals surface area (Å²) in [4.78, 5) is 23.2. The first kappa shape index (κ1) is 13.7. The van der Waals surface area contributed by atoms with Crippen LogP contribution in [0.2, 0.25) is 0 Å². The number of hydrogen-bond acceptors (Lipinski definition) is 2. The van der Waals surface area contributed by atoms with E-state index in [2.05, 4.69) is 20.4 Å². The van der Waals surface area contributed by atoms with Crippen molar-refractivity contribution in [1.29, 1.82) is 0 Å². The maximum absolute atomic E-state index is 12.1. The second kappa shape index (κ2) is 5.30. The topological polar surface area (TPSA) is 54.4 Å². The Balaban J connectivity index is 2.84. The van der Waals surface area contributed by atoms with Gasteiger partial charge in [0.05, 0.1) is 0 Å². The molecule has 0 aromatic heterocycles. The summed E-state index contributed by atoms with van der Waals surface area (Å²) in [6.45, 7) is 7.72. The molecule has 1 N–H and O–H groups in total. The Bertz CT molecular complexity index is 364. The molecule has 1 rings (SSSR count). The Morgan fingerprint density at radius 3 is 2.71 bits per heavy atom. The molecular formula is C14H20O3. The molecule has 17 heavy (non-hydrogen) atoms. The lowest BCUT2D eigenvalue weighted by atomic mass is 9.74. The first-order chi connectivity index (χ1) is 7.87. The van der Waals surface area contributed by atoms with Crippen LogP contribution in [0.1, 0.15) is 39.5 Å². The average molecular weight is 236 g/mol. The van der Waals surface area contributed by atoms with Gasteiger partial charge < -0.3 is 5.11 Å². The zero-order chi connectivity index (χ0) is 13.1. The molecule has 1 aliphatic rings. The van der Waals surface area contributed by atoms with Gasteiger partial charge in [0.25, 0.3) is 0 Å². The molecule has 0 spiro atoms. The molecule has 94 valence electrons. The monoisotopic (exact) mass is 236 g/mol. The first-order valence-corrected chi connectivity index (χ1v) is 5.94. The molecule has 0 radical (unpaired) electrons. The highest BCUT2D eigenvalue weighted by Crippen LogP contribution is 2.36. The van der Waals surface area contributed by atoms with Crippen LogP contribution in [0.3, 0.4) is 0 Å². The van der Waals surface area contributed by atoms with Crippen molar-refractivity contribution in [2.45, 2.75) is 39.5 Å². The zero-order valence-electron chi connectivity index (χ0n) is 10.5. The van der Waals surface area contributed by atoms with Gasteiger partial charge in [-0.05, 0) is 36.7 Å². The van der Waals surface area contributed by atoms with E-state index in [-0.39, 0.29) is 17.6 Å². The highest BCUT2D eigenvalue weighted by molar-refractivity contribution is 6.08. The minimum absolute atomic E-state index is 0.0942. The van der Waals surface area contributed by atoms with Crippen LogP contribution in [0.15, 0.2) is 24.3 Å². The molecule has 1 unspecified atom stereocenters. The van der Waals surface area contributed by atoms with Crippen molar-refractivity contribution in [1.82, 2.24) is 0 Å². The van der Waals surface area contributed by atoms with Gasteiger partial charge in [-0.25, -0.2) is 0 Å². The van der Waals surface area contributed by atoms with Crippen LogP contribution in [-0.4, -0.2) is 16.9 Å². The highest BCUT2D eigenvalue weighted by atomic mass is 16.4. The second-order valence-corrected chi connectivity index (χ2v) is 5.39. The highest BCUT2D eigenvalue weighted by Gasteiger charge is 2.32. The van der Waals surface area contributed by atoms with Gasteiger partial charge in [0.15, 0.2) is 5.78 Å². The van der Waals surface area contributed by atoms with E-state index >= 15 is 0 Å². The predicted octanol–water partition coefficient (Wildman–Crippen LogP) is 2.97. The Hall–Kier alpha value is -1.38. The third-order valence-corrected chi connectivity index (χ3v) is 3.21. The fraction of sp³-hybridized carbons (Fsp3) is 0.571. The van der Waals surface area contributed by atoms with Crippen LogP contribution < -0.4 is 0 Å². The van der Waals surface area contributed by atoms with Crippen molar-refractivity contribution in [3.63, 3.8) is 0 Å². The lowest BCUT2D eigenvalue weighted by Crippen LogP contribution is -2.28. The number of aliphatic carboxylic acids is 1. The standard InChI is InChI=1S/C14H20O3/c1-4-6-11(13(16)17)12(15)10-7-5-8-14(2,3)9-10/h4,7,11H,1,5-6,8-9H2,2-3H3,(H,16,17). The van der Waals surface area contributed by atoms with Gasteiger partial charge in [-0.3, -0.25) is 9.59 Å². The molecule has 3 nitrogen and oxygen atoms in total. The molecule has 3 heteroatoms. The molecule has 1 atom stereocenters. The maximum Gasteiger partial charge on any atom is 0.314 e. The normalized spacial score (nSPS) is 20.2. The van der Waals surface area contributed by atoms with Gasteiger partial charge in [-0.1, -0.05) is 26.0 Å².